The third kappa shape index (κ3) is 0.936. The quantitative estimate of drug-likeness (QED) is 0.393. The van der Waals surface area contributed by atoms with Gasteiger partial charge in [0.1, 0.15) is 7.63 Å². The predicted molar refractivity (Wildman–Crippen MR) is 31.8 cm³/mol. The number of carbonyl (C=O) groups excluding carboxylic acids is 1. The fraction of sp³-hybridized carbons (Fsp3) is 0. The van der Waals surface area contributed by atoms with Crippen LogP contribution in [0.5, 0.6) is 0 Å². The van der Waals surface area contributed by atoms with Crippen molar-refractivity contribution in [3.05, 3.63) is 35.9 Å². The van der Waals surface area contributed by atoms with Crippen molar-refractivity contribution in [3.8, 4) is 0 Å². The summed E-state index contributed by atoms with van der Waals surface area (Å²) in [4.78, 5) is 10.3. The molecule has 0 aliphatic heterocycles. The molecule has 40 valence electrons. The van der Waals surface area contributed by atoms with Crippen molar-refractivity contribution < 1.29 is 6.17 Å². The van der Waals surface area contributed by atoms with Gasteiger partial charge in [0, 0.05) is 5.56 Å². The molecule has 1 aromatic carbocycles. The molecule has 0 heterocycles. The van der Waals surface area contributed by atoms with Gasteiger partial charge in [-0.1, -0.05) is 30.3 Å². The number of hydrogen-bond acceptors (Lipinski definition) is 1. The minimum Gasteiger partial charge on any atom is -0.298 e. The Balaban J connectivity index is 2.98. The fourth-order valence-electron chi connectivity index (χ4n) is 0.506. The summed E-state index contributed by atoms with van der Waals surface area (Å²) in [6, 6.07) is 8.53. The van der Waals surface area contributed by atoms with Gasteiger partial charge >= 0.3 is 0 Å². The first-order chi connectivity index (χ1) is 4.30. The molecule has 1 aromatic rings. The van der Waals surface area contributed by atoms with Gasteiger partial charge in [-0.3, -0.25) is 4.79 Å². The summed E-state index contributed by atoms with van der Waals surface area (Å²) in [7, 11) is 0. The van der Waals surface area contributed by atoms with Crippen molar-refractivity contribution in [2.45, 2.75) is 0 Å². The summed E-state index contributed by atoms with van der Waals surface area (Å²) < 4.78 is 6.68. The van der Waals surface area contributed by atoms with Gasteiger partial charge in [-0.2, -0.15) is 0 Å². The molecule has 0 amide bonds. The number of benzene rings is 1. The minimum absolute atomic E-state index is 0.442. The zero-order valence-corrected chi connectivity index (χ0v) is 4.29. The van der Waals surface area contributed by atoms with Crippen LogP contribution in [0.25, 0.3) is 0 Å². The smallest absolute Gasteiger partial charge is 0.150 e. The second kappa shape index (κ2) is 2.26. The Bertz CT molecular complexity index is 205. The molecule has 0 N–H and O–H groups in total. The molecule has 0 radical (unpaired) electrons. The lowest BCUT2D eigenvalue weighted by atomic mass is 10.3. The Morgan fingerprint density at radius 3 is 2.38 bits per heavy atom. The van der Waals surface area contributed by atoms with Gasteiger partial charge in [-0.05, 0) is 0 Å². The summed E-state index contributed by atoms with van der Waals surface area (Å²) in [5.41, 5.74) is 0.442. The van der Waals surface area contributed by atoms with E-state index in [1.807, 2.05) is 6.07 Å². The normalized spacial score (nSPS) is 10.2. The summed E-state index contributed by atoms with van der Waals surface area (Å²) in [6.07, 6.45) is -0.629. The van der Waals surface area contributed by atoms with Crippen LogP contribution in [0.2, 0.25) is 0 Å². The summed E-state index contributed by atoms with van der Waals surface area (Å²) in [5.74, 6) is 0. The second-order valence-electron chi connectivity index (χ2n) is 1.47. The maximum absolute atomic E-state index is 10.3. The van der Waals surface area contributed by atoms with Gasteiger partial charge in [0.15, 0.2) is 0 Å². The Labute approximate surface area is 49.4 Å². The standard InChI is InChI=1S/C7H6O/c8-6-7-4-2-1-3-5-7/h1-6H/i6+1D. The van der Waals surface area contributed by atoms with E-state index >= 15 is 0 Å². The number of hydrogen-bond donors (Lipinski definition) is 0. The monoisotopic (exact) mass is 108 g/mol. The third-order valence-corrected chi connectivity index (χ3v) is 0.892. The highest BCUT2D eigenvalue weighted by molar-refractivity contribution is 5.74. The van der Waals surface area contributed by atoms with Crippen LogP contribution in [0, 0.1) is 0 Å². The molecule has 0 atom stereocenters. The largest absolute Gasteiger partial charge is 0.298 e. The molecule has 0 fully saturated rings. The Morgan fingerprint density at radius 2 is 2.00 bits per heavy atom. The Kier molecular flexibility index (Phi) is 1.09. The molecule has 0 bridgehead atoms. The molecule has 1 nitrogen and oxygen atoms in total. The van der Waals surface area contributed by atoms with Crippen LogP contribution in [0.15, 0.2) is 30.3 Å². The number of rotatable bonds is 1. The fourth-order valence-corrected chi connectivity index (χ4v) is 0.506. The van der Waals surface area contributed by atoms with Gasteiger partial charge in [0.2, 0.25) is 0 Å². The highest BCUT2D eigenvalue weighted by Crippen LogP contribution is 1.91. The van der Waals surface area contributed by atoms with E-state index in [2.05, 4.69) is 0 Å². The molecule has 1 rings (SSSR count). The molecule has 1 heteroatoms. The Morgan fingerprint density at radius 1 is 1.38 bits per heavy atom. The summed E-state index contributed by atoms with van der Waals surface area (Å²) in [6.45, 7) is 0. The van der Waals surface area contributed by atoms with Crippen molar-refractivity contribution in [2.24, 2.45) is 0 Å². The first-order valence-electron chi connectivity index (χ1n) is 2.86. The van der Waals surface area contributed by atoms with Crippen LogP contribution < -0.4 is 0 Å². The molecule has 0 aliphatic carbocycles. The molecule has 8 heavy (non-hydrogen) atoms. The van der Waals surface area contributed by atoms with Gasteiger partial charge in [0.25, 0.3) is 0 Å². The second-order valence-corrected chi connectivity index (χ2v) is 1.47. The van der Waals surface area contributed by atoms with Crippen molar-refractivity contribution in [2.75, 3.05) is 0 Å². The molecular formula is C7H6O. The minimum atomic E-state index is -0.629. The van der Waals surface area contributed by atoms with Crippen LogP contribution in [-0.4, -0.2) is 6.26 Å². The van der Waals surface area contributed by atoms with E-state index in [4.69, 9.17) is 1.37 Å². The number of carbonyl (C=O) groups is 1. The molecule has 0 aliphatic rings. The van der Waals surface area contributed by atoms with Crippen molar-refractivity contribution in [1.82, 2.24) is 0 Å². The molecule has 0 saturated heterocycles. The SMILES string of the molecule is [2H][13C](=O)c1ccccc1. The molecule has 0 unspecified atom stereocenters. The average Bonchev–Trinajstić information content (AvgIpc) is 1.90. The molecule has 0 spiro atoms. The lowest BCUT2D eigenvalue weighted by Crippen LogP contribution is -1.73. The van der Waals surface area contributed by atoms with Crippen LogP contribution >= 0.6 is 0 Å². The van der Waals surface area contributed by atoms with Crippen LogP contribution in [-0.2, 0) is 0 Å². The zero-order valence-electron chi connectivity index (χ0n) is 5.29. The lowest BCUT2D eigenvalue weighted by molar-refractivity contribution is 0.112. The molecule has 0 saturated carbocycles. The van der Waals surface area contributed by atoms with Gasteiger partial charge in [0.05, 0.1) is 0 Å². The van der Waals surface area contributed by atoms with E-state index in [0.717, 1.165) is 0 Å². The maximum atomic E-state index is 10.3. The lowest BCUT2D eigenvalue weighted by Gasteiger charge is -1.81. The van der Waals surface area contributed by atoms with E-state index in [0.29, 0.717) is 5.56 Å². The molecule has 0 aromatic heterocycles. The maximum Gasteiger partial charge on any atom is 0.150 e. The van der Waals surface area contributed by atoms with Crippen molar-refractivity contribution >= 4 is 6.26 Å². The third-order valence-electron chi connectivity index (χ3n) is 0.892. The van der Waals surface area contributed by atoms with Crippen LogP contribution in [0.4, 0.5) is 0 Å². The average molecular weight is 108 g/mol. The van der Waals surface area contributed by atoms with Gasteiger partial charge in [-0.15, -0.1) is 0 Å². The molecular weight excluding hydrogens is 101 g/mol. The highest BCUT2D eigenvalue weighted by Gasteiger charge is 1.79. The topological polar surface area (TPSA) is 17.1 Å². The number of aldehydes is 1. The predicted octanol–water partition coefficient (Wildman–Crippen LogP) is 1.50. The highest BCUT2D eigenvalue weighted by atomic mass is 16.2. The first-order valence-corrected chi connectivity index (χ1v) is 2.36. The summed E-state index contributed by atoms with van der Waals surface area (Å²) in [5, 5.41) is 0. The zero-order chi connectivity index (χ0) is 6.69. The van der Waals surface area contributed by atoms with Crippen LogP contribution in [0.3, 0.4) is 0 Å². The van der Waals surface area contributed by atoms with Crippen LogP contribution in [0.1, 0.15) is 11.7 Å². The van der Waals surface area contributed by atoms with E-state index < -0.39 is 6.26 Å². The van der Waals surface area contributed by atoms with Crippen molar-refractivity contribution in [1.29, 1.82) is 0 Å². The van der Waals surface area contributed by atoms with E-state index in [-0.39, 0.29) is 0 Å². The van der Waals surface area contributed by atoms with E-state index in [1.165, 1.54) is 0 Å². The van der Waals surface area contributed by atoms with Gasteiger partial charge < -0.3 is 0 Å². The van der Waals surface area contributed by atoms with Gasteiger partial charge in [-0.25, -0.2) is 0 Å². The first kappa shape index (κ1) is 3.84. The van der Waals surface area contributed by atoms with Crippen molar-refractivity contribution in [3.63, 3.8) is 0 Å². The Hall–Kier alpha value is -1.11. The van der Waals surface area contributed by atoms with E-state index in [9.17, 15) is 4.79 Å². The van der Waals surface area contributed by atoms with E-state index in [1.54, 1.807) is 24.3 Å². The summed E-state index contributed by atoms with van der Waals surface area (Å²) >= 11 is 0.